The minimum atomic E-state index is -0.350. The van der Waals surface area contributed by atoms with Crippen molar-refractivity contribution in [2.75, 3.05) is 18.5 Å². The fourth-order valence-electron chi connectivity index (χ4n) is 2.83. The maximum absolute atomic E-state index is 12.4. The summed E-state index contributed by atoms with van der Waals surface area (Å²) in [7, 11) is 1.76. The summed E-state index contributed by atoms with van der Waals surface area (Å²) in [6.45, 7) is 5.33. The Balaban J connectivity index is 1.75. The molecule has 25 heavy (non-hydrogen) atoms. The molecule has 0 radical (unpaired) electrons. The van der Waals surface area contributed by atoms with Gasteiger partial charge in [-0.3, -0.25) is 10.00 Å². The van der Waals surface area contributed by atoms with Crippen LogP contribution in [0.25, 0.3) is 0 Å². The van der Waals surface area contributed by atoms with Crippen molar-refractivity contribution in [2.24, 2.45) is 13.0 Å². The standard InChI is InChI=1S/C16H24N6O3/c1-10(2)14-20-15(25-21-14)13(11-5-8-24-9-6-11)19-16(23)18-12-4-7-17-22(12)3/h4,7,10-11,13H,5-6,8-9H2,1-3H3,(H2,18,19,23)/t13-/m1/s1. The summed E-state index contributed by atoms with van der Waals surface area (Å²) in [5.41, 5.74) is 0. The van der Waals surface area contributed by atoms with E-state index < -0.39 is 0 Å². The van der Waals surface area contributed by atoms with Crippen molar-refractivity contribution in [3.05, 3.63) is 24.0 Å². The summed E-state index contributed by atoms with van der Waals surface area (Å²) < 4.78 is 12.5. The van der Waals surface area contributed by atoms with Gasteiger partial charge in [-0.1, -0.05) is 19.0 Å². The van der Waals surface area contributed by atoms with Crippen molar-refractivity contribution in [1.82, 2.24) is 25.2 Å². The zero-order valence-electron chi connectivity index (χ0n) is 14.7. The van der Waals surface area contributed by atoms with Crippen LogP contribution in [0.1, 0.15) is 50.4 Å². The van der Waals surface area contributed by atoms with Gasteiger partial charge in [-0.25, -0.2) is 4.79 Å². The predicted molar refractivity (Wildman–Crippen MR) is 90.0 cm³/mol. The number of nitrogens with zero attached hydrogens (tertiary/aromatic N) is 4. The van der Waals surface area contributed by atoms with E-state index in [2.05, 4.69) is 25.9 Å². The highest BCUT2D eigenvalue weighted by Gasteiger charge is 2.31. The number of urea groups is 1. The Kier molecular flexibility index (Phi) is 5.32. The first-order chi connectivity index (χ1) is 12.0. The predicted octanol–water partition coefficient (Wildman–Crippen LogP) is 2.22. The van der Waals surface area contributed by atoms with Gasteiger partial charge in [0.25, 0.3) is 0 Å². The lowest BCUT2D eigenvalue weighted by molar-refractivity contribution is 0.0506. The molecule has 3 rings (SSSR count). The Morgan fingerprint density at radius 3 is 2.72 bits per heavy atom. The molecule has 0 spiro atoms. The monoisotopic (exact) mass is 348 g/mol. The smallest absolute Gasteiger partial charge is 0.321 e. The van der Waals surface area contributed by atoms with E-state index in [1.807, 2.05) is 13.8 Å². The molecule has 2 N–H and O–H groups in total. The molecule has 1 aliphatic heterocycles. The third-order valence-electron chi connectivity index (χ3n) is 4.33. The van der Waals surface area contributed by atoms with E-state index in [0.29, 0.717) is 30.7 Å². The molecule has 3 heterocycles. The van der Waals surface area contributed by atoms with Gasteiger partial charge in [0.1, 0.15) is 11.9 Å². The van der Waals surface area contributed by atoms with Crippen molar-refractivity contribution in [3.8, 4) is 0 Å². The second-order valence-electron chi connectivity index (χ2n) is 6.51. The maximum Gasteiger partial charge on any atom is 0.321 e. The fourth-order valence-corrected chi connectivity index (χ4v) is 2.83. The van der Waals surface area contributed by atoms with Crippen molar-refractivity contribution in [3.63, 3.8) is 0 Å². The van der Waals surface area contributed by atoms with Gasteiger partial charge in [0.05, 0.1) is 6.20 Å². The van der Waals surface area contributed by atoms with Crippen LogP contribution < -0.4 is 10.6 Å². The lowest BCUT2D eigenvalue weighted by Crippen LogP contribution is -2.39. The molecule has 1 aliphatic rings. The van der Waals surface area contributed by atoms with Gasteiger partial charge in [-0.15, -0.1) is 0 Å². The Morgan fingerprint density at radius 1 is 1.36 bits per heavy atom. The molecule has 2 aromatic heterocycles. The number of carbonyl (C=O) groups excluding carboxylic acids is 1. The number of rotatable bonds is 5. The molecule has 136 valence electrons. The van der Waals surface area contributed by atoms with Gasteiger partial charge in [-0.2, -0.15) is 10.1 Å². The average molecular weight is 348 g/mol. The van der Waals surface area contributed by atoms with Crippen molar-refractivity contribution < 1.29 is 14.1 Å². The summed E-state index contributed by atoms with van der Waals surface area (Å²) in [5, 5.41) is 13.8. The normalized spacial score (nSPS) is 16.8. The highest BCUT2D eigenvalue weighted by Crippen LogP contribution is 2.30. The van der Waals surface area contributed by atoms with E-state index in [-0.39, 0.29) is 23.9 Å². The third kappa shape index (κ3) is 4.16. The van der Waals surface area contributed by atoms with Crippen molar-refractivity contribution in [1.29, 1.82) is 0 Å². The number of aryl methyl sites for hydroxylation is 1. The Hall–Kier alpha value is -2.42. The number of ether oxygens (including phenoxy) is 1. The number of nitrogens with one attached hydrogen (secondary N) is 2. The van der Waals surface area contributed by atoms with E-state index in [0.717, 1.165) is 12.8 Å². The molecular weight excluding hydrogens is 324 g/mol. The lowest BCUT2D eigenvalue weighted by Gasteiger charge is -2.28. The Morgan fingerprint density at radius 2 is 2.12 bits per heavy atom. The molecule has 9 heteroatoms. The van der Waals surface area contributed by atoms with Crippen LogP contribution in [0.5, 0.6) is 0 Å². The Labute approximate surface area is 146 Å². The molecule has 0 unspecified atom stereocenters. The van der Waals surface area contributed by atoms with Crippen LogP contribution in [0.15, 0.2) is 16.8 Å². The zero-order chi connectivity index (χ0) is 17.8. The molecule has 1 fully saturated rings. The fraction of sp³-hybridized carbons (Fsp3) is 0.625. The summed E-state index contributed by atoms with van der Waals surface area (Å²) in [5.74, 6) is 2.04. The van der Waals surface area contributed by atoms with Crippen LogP contribution in [0.4, 0.5) is 10.6 Å². The first kappa shape index (κ1) is 17.4. The van der Waals surface area contributed by atoms with Crippen LogP contribution in [0.3, 0.4) is 0 Å². The Bertz CT molecular complexity index is 704. The highest BCUT2D eigenvalue weighted by atomic mass is 16.5. The van der Waals surface area contributed by atoms with E-state index >= 15 is 0 Å². The van der Waals surface area contributed by atoms with Crippen LogP contribution in [0, 0.1) is 5.92 Å². The minimum absolute atomic E-state index is 0.163. The lowest BCUT2D eigenvalue weighted by atomic mass is 9.91. The van der Waals surface area contributed by atoms with E-state index in [1.165, 1.54) is 0 Å². The molecule has 2 aromatic rings. The van der Waals surface area contributed by atoms with Gasteiger partial charge in [0.15, 0.2) is 5.82 Å². The maximum atomic E-state index is 12.4. The first-order valence-corrected chi connectivity index (χ1v) is 8.51. The molecular formula is C16H24N6O3. The van der Waals surface area contributed by atoms with E-state index in [4.69, 9.17) is 9.26 Å². The van der Waals surface area contributed by atoms with Gasteiger partial charge in [0, 0.05) is 32.2 Å². The second-order valence-corrected chi connectivity index (χ2v) is 6.51. The number of carbonyl (C=O) groups is 1. The summed E-state index contributed by atoms with van der Waals surface area (Å²) in [4.78, 5) is 16.9. The molecule has 2 amide bonds. The second kappa shape index (κ2) is 7.64. The van der Waals surface area contributed by atoms with E-state index in [1.54, 1.807) is 24.0 Å². The SMILES string of the molecule is CC(C)c1noc([C@H](NC(=O)Nc2ccnn2C)C2CCOCC2)n1. The minimum Gasteiger partial charge on any atom is -0.381 e. The number of aromatic nitrogens is 4. The molecule has 0 bridgehead atoms. The molecule has 0 aromatic carbocycles. The zero-order valence-corrected chi connectivity index (χ0v) is 14.7. The number of amides is 2. The van der Waals surface area contributed by atoms with Crippen LogP contribution in [-0.4, -0.2) is 39.2 Å². The van der Waals surface area contributed by atoms with Crippen molar-refractivity contribution in [2.45, 2.75) is 38.6 Å². The van der Waals surface area contributed by atoms with E-state index in [9.17, 15) is 4.79 Å². The first-order valence-electron chi connectivity index (χ1n) is 8.51. The van der Waals surface area contributed by atoms with Crippen LogP contribution >= 0.6 is 0 Å². The van der Waals surface area contributed by atoms with Crippen molar-refractivity contribution >= 4 is 11.8 Å². The summed E-state index contributed by atoms with van der Waals surface area (Å²) in [6, 6.07) is 1.05. The molecule has 0 saturated carbocycles. The molecule has 9 nitrogen and oxygen atoms in total. The average Bonchev–Trinajstić information content (AvgIpc) is 3.23. The van der Waals surface area contributed by atoms with Gasteiger partial charge in [-0.05, 0) is 18.8 Å². The van der Waals surface area contributed by atoms with Gasteiger partial charge < -0.3 is 14.6 Å². The summed E-state index contributed by atoms with van der Waals surface area (Å²) >= 11 is 0. The van der Waals surface area contributed by atoms with Gasteiger partial charge in [0.2, 0.25) is 5.89 Å². The number of hydrogen-bond acceptors (Lipinski definition) is 6. The highest BCUT2D eigenvalue weighted by molar-refractivity contribution is 5.88. The third-order valence-corrected chi connectivity index (χ3v) is 4.33. The molecule has 0 aliphatic carbocycles. The number of hydrogen-bond donors (Lipinski definition) is 2. The summed E-state index contributed by atoms with van der Waals surface area (Å²) in [6.07, 6.45) is 3.28. The topological polar surface area (TPSA) is 107 Å². The number of anilines is 1. The van der Waals surface area contributed by atoms with Crippen LogP contribution in [-0.2, 0) is 11.8 Å². The van der Waals surface area contributed by atoms with Gasteiger partial charge >= 0.3 is 6.03 Å². The molecule has 1 saturated heterocycles. The quantitative estimate of drug-likeness (QED) is 0.858. The largest absolute Gasteiger partial charge is 0.381 e. The molecule has 1 atom stereocenters. The van der Waals surface area contributed by atoms with Crippen LogP contribution in [0.2, 0.25) is 0 Å².